The summed E-state index contributed by atoms with van der Waals surface area (Å²) in [6.45, 7) is 4.26. The van der Waals surface area contributed by atoms with Gasteiger partial charge in [0.05, 0.1) is 0 Å². The molecule has 3 heteroatoms. The van der Waals surface area contributed by atoms with Gasteiger partial charge in [0, 0.05) is 24.2 Å². The first-order chi connectivity index (χ1) is 7.15. The molecule has 1 N–H and O–H groups in total. The highest BCUT2D eigenvalue weighted by atomic mass is 35.5. The van der Waals surface area contributed by atoms with Gasteiger partial charge in [-0.3, -0.25) is 4.90 Å². The molecular weight excluding hydrogens is 208 g/mol. The van der Waals surface area contributed by atoms with E-state index in [0.717, 1.165) is 18.1 Å². The van der Waals surface area contributed by atoms with E-state index in [1.807, 2.05) is 19.2 Å². The Morgan fingerprint density at radius 1 is 1.33 bits per heavy atom. The van der Waals surface area contributed by atoms with Crippen LogP contribution in [0.15, 0.2) is 24.3 Å². The lowest BCUT2D eigenvalue weighted by Crippen LogP contribution is -2.29. The smallest absolute Gasteiger partial charge is 0.0406 e. The van der Waals surface area contributed by atoms with Gasteiger partial charge in [-0.1, -0.05) is 23.7 Å². The Morgan fingerprint density at radius 3 is 2.47 bits per heavy atom. The van der Waals surface area contributed by atoms with Gasteiger partial charge in [0.2, 0.25) is 0 Å². The number of likely N-dealkylation sites (N-methyl/N-ethyl adjacent to an activating group) is 2. The summed E-state index contributed by atoms with van der Waals surface area (Å²) in [4.78, 5) is 2.32. The Kier molecular flexibility index (Phi) is 5.09. The number of hydrogen-bond donors (Lipinski definition) is 1. The van der Waals surface area contributed by atoms with Gasteiger partial charge in [0.15, 0.2) is 0 Å². The lowest BCUT2D eigenvalue weighted by Gasteiger charge is -2.24. The van der Waals surface area contributed by atoms with Crippen LogP contribution in [0.1, 0.15) is 18.5 Å². The Hall–Kier alpha value is -0.570. The summed E-state index contributed by atoms with van der Waals surface area (Å²) in [6.07, 6.45) is 0. The highest BCUT2D eigenvalue weighted by Crippen LogP contribution is 2.20. The van der Waals surface area contributed by atoms with Crippen molar-refractivity contribution in [3.8, 4) is 0 Å². The van der Waals surface area contributed by atoms with Crippen LogP contribution in [0.2, 0.25) is 5.02 Å². The molecule has 0 saturated carbocycles. The van der Waals surface area contributed by atoms with E-state index in [1.165, 1.54) is 5.56 Å². The van der Waals surface area contributed by atoms with E-state index < -0.39 is 0 Å². The number of hydrogen-bond acceptors (Lipinski definition) is 2. The van der Waals surface area contributed by atoms with E-state index in [9.17, 15) is 0 Å². The van der Waals surface area contributed by atoms with Crippen LogP contribution < -0.4 is 5.32 Å². The van der Waals surface area contributed by atoms with Crippen molar-refractivity contribution in [3.05, 3.63) is 34.9 Å². The maximum atomic E-state index is 5.86. The Morgan fingerprint density at radius 2 is 1.93 bits per heavy atom. The summed E-state index contributed by atoms with van der Waals surface area (Å²) in [5.41, 5.74) is 1.30. The molecule has 0 aromatic heterocycles. The molecule has 1 unspecified atom stereocenters. The highest BCUT2D eigenvalue weighted by Gasteiger charge is 2.10. The molecule has 0 heterocycles. The second kappa shape index (κ2) is 6.11. The Balaban J connectivity index is 2.59. The zero-order valence-electron chi connectivity index (χ0n) is 9.63. The van der Waals surface area contributed by atoms with Crippen molar-refractivity contribution in [2.24, 2.45) is 0 Å². The fourth-order valence-electron chi connectivity index (χ4n) is 1.48. The van der Waals surface area contributed by atoms with Crippen molar-refractivity contribution >= 4 is 11.6 Å². The van der Waals surface area contributed by atoms with E-state index in [4.69, 9.17) is 11.6 Å². The zero-order chi connectivity index (χ0) is 11.3. The van der Waals surface area contributed by atoms with Gasteiger partial charge < -0.3 is 5.32 Å². The topological polar surface area (TPSA) is 15.3 Å². The number of benzene rings is 1. The third kappa shape index (κ3) is 3.82. The van der Waals surface area contributed by atoms with Gasteiger partial charge >= 0.3 is 0 Å². The molecule has 0 saturated heterocycles. The van der Waals surface area contributed by atoms with Gasteiger partial charge in [-0.25, -0.2) is 0 Å². The van der Waals surface area contributed by atoms with Crippen LogP contribution in [-0.2, 0) is 0 Å². The van der Waals surface area contributed by atoms with Crippen LogP contribution in [0.5, 0.6) is 0 Å². The summed E-state index contributed by atoms with van der Waals surface area (Å²) >= 11 is 5.86. The fraction of sp³-hybridized carbons (Fsp3) is 0.500. The highest BCUT2D eigenvalue weighted by molar-refractivity contribution is 6.30. The lowest BCUT2D eigenvalue weighted by atomic mass is 10.1. The molecule has 0 bridgehead atoms. The van der Waals surface area contributed by atoms with Crippen LogP contribution in [-0.4, -0.2) is 32.1 Å². The third-order valence-corrected chi connectivity index (χ3v) is 2.98. The Bertz CT molecular complexity index is 284. The van der Waals surface area contributed by atoms with Crippen LogP contribution in [0.3, 0.4) is 0 Å². The maximum absolute atomic E-state index is 5.86. The molecule has 1 aromatic carbocycles. The molecule has 0 fully saturated rings. The van der Waals surface area contributed by atoms with Crippen molar-refractivity contribution in [2.45, 2.75) is 13.0 Å². The van der Waals surface area contributed by atoms with Crippen LogP contribution in [0.4, 0.5) is 0 Å². The van der Waals surface area contributed by atoms with Gasteiger partial charge in [0.25, 0.3) is 0 Å². The summed E-state index contributed by atoms with van der Waals surface area (Å²) < 4.78 is 0. The fourth-order valence-corrected chi connectivity index (χ4v) is 1.60. The minimum absolute atomic E-state index is 0.426. The summed E-state index contributed by atoms with van der Waals surface area (Å²) in [5.74, 6) is 0. The second-order valence-corrected chi connectivity index (χ2v) is 4.25. The summed E-state index contributed by atoms with van der Waals surface area (Å²) in [6, 6.07) is 8.49. The molecule has 2 nitrogen and oxygen atoms in total. The molecule has 0 aliphatic carbocycles. The van der Waals surface area contributed by atoms with Gasteiger partial charge in [0.1, 0.15) is 0 Å². The molecule has 1 aromatic rings. The van der Waals surface area contributed by atoms with Crippen molar-refractivity contribution in [2.75, 3.05) is 27.2 Å². The molecule has 15 heavy (non-hydrogen) atoms. The normalized spacial score (nSPS) is 13.1. The summed E-state index contributed by atoms with van der Waals surface area (Å²) in [7, 11) is 4.11. The average molecular weight is 227 g/mol. The molecule has 0 radical (unpaired) electrons. The molecule has 0 aliphatic heterocycles. The van der Waals surface area contributed by atoms with Gasteiger partial charge in [-0.2, -0.15) is 0 Å². The van der Waals surface area contributed by atoms with Crippen LogP contribution >= 0.6 is 11.6 Å². The standard InChI is InChI=1S/C12H19ClN2/c1-10(15(3)9-8-14-2)11-4-6-12(13)7-5-11/h4-7,10,14H,8-9H2,1-3H3. The molecule has 0 amide bonds. The number of nitrogens with zero attached hydrogens (tertiary/aromatic N) is 1. The molecular formula is C12H19ClN2. The predicted octanol–water partition coefficient (Wildman–Crippen LogP) is 2.55. The SMILES string of the molecule is CNCCN(C)C(C)c1ccc(Cl)cc1. The maximum Gasteiger partial charge on any atom is 0.0406 e. The van der Waals surface area contributed by atoms with Crippen molar-refractivity contribution in [1.29, 1.82) is 0 Å². The average Bonchev–Trinajstić information content (AvgIpc) is 2.26. The minimum atomic E-state index is 0.426. The van der Waals surface area contributed by atoms with E-state index in [2.05, 4.69) is 36.3 Å². The zero-order valence-corrected chi connectivity index (χ0v) is 10.4. The largest absolute Gasteiger partial charge is 0.318 e. The number of halogens is 1. The minimum Gasteiger partial charge on any atom is -0.318 e. The molecule has 1 atom stereocenters. The van der Waals surface area contributed by atoms with E-state index in [-0.39, 0.29) is 0 Å². The molecule has 0 spiro atoms. The lowest BCUT2D eigenvalue weighted by molar-refractivity contribution is 0.263. The molecule has 1 rings (SSSR count). The van der Waals surface area contributed by atoms with Crippen LogP contribution in [0, 0.1) is 0 Å². The predicted molar refractivity (Wildman–Crippen MR) is 66.4 cm³/mol. The number of rotatable bonds is 5. The molecule has 84 valence electrons. The van der Waals surface area contributed by atoms with Crippen molar-refractivity contribution < 1.29 is 0 Å². The Labute approximate surface area is 97.2 Å². The molecule has 0 aliphatic rings. The second-order valence-electron chi connectivity index (χ2n) is 3.81. The van der Waals surface area contributed by atoms with E-state index in [0.29, 0.717) is 6.04 Å². The van der Waals surface area contributed by atoms with Gasteiger partial charge in [-0.15, -0.1) is 0 Å². The van der Waals surface area contributed by atoms with E-state index in [1.54, 1.807) is 0 Å². The van der Waals surface area contributed by atoms with E-state index >= 15 is 0 Å². The first-order valence-corrected chi connectivity index (χ1v) is 5.63. The van der Waals surface area contributed by atoms with Crippen LogP contribution in [0.25, 0.3) is 0 Å². The summed E-state index contributed by atoms with van der Waals surface area (Å²) in [5, 5.41) is 3.95. The van der Waals surface area contributed by atoms with Crippen molar-refractivity contribution in [1.82, 2.24) is 10.2 Å². The van der Waals surface area contributed by atoms with Gasteiger partial charge in [-0.05, 0) is 38.7 Å². The quantitative estimate of drug-likeness (QED) is 0.830. The monoisotopic (exact) mass is 226 g/mol. The van der Waals surface area contributed by atoms with Crippen molar-refractivity contribution in [3.63, 3.8) is 0 Å². The number of nitrogens with one attached hydrogen (secondary N) is 1. The first kappa shape index (κ1) is 12.5. The third-order valence-electron chi connectivity index (χ3n) is 2.73. The first-order valence-electron chi connectivity index (χ1n) is 5.25.